The first-order chi connectivity index (χ1) is 17.1. The summed E-state index contributed by atoms with van der Waals surface area (Å²) in [6.45, 7) is 2.85. The third kappa shape index (κ3) is 5.99. The maximum Gasteiger partial charge on any atom is 0.262 e. The van der Waals surface area contributed by atoms with Gasteiger partial charge in [0.1, 0.15) is 0 Å². The van der Waals surface area contributed by atoms with Gasteiger partial charge >= 0.3 is 0 Å². The van der Waals surface area contributed by atoms with Gasteiger partial charge in [-0.25, -0.2) is 4.98 Å². The second-order valence-electron chi connectivity index (χ2n) is 8.24. The van der Waals surface area contributed by atoms with Gasteiger partial charge in [0.2, 0.25) is 5.91 Å². The number of carbonyl (C=O) groups is 1. The molecule has 4 aromatic rings. The van der Waals surface area contributed by atoms with Crippen molar-refractivity contribution in [3.63, 3.8) is 0 Å². The fourth-order valence-electron chi connectivity index (χ4n) is 3.92. The van der Waals surface area contributed by atoms with E-state index in [-0.39, 0.29) is 17.5 Å². The number of rotatable bonds is 10. The normalized spacial score (nSPS) is 12.1. The molecule has 0 saturated carbocycles. The molecular formula is C28H29N3O3S. The molecule has 0 spiro atoms. The first-order valence-electron chi connectivity index (χ1n) is 11.6. The minimum absolute atomic E-state index is 0.103. The van der Waals surface area contributed by atoms with Crippen LogP contribution in [0.2, 0.25) is 0 Å². The monoisotopic (exact) mass is 487 g/mol. The average Bonchev–Trinajstić information content (AvgIpc) is 2.90. The fraction of sp³-hybridized carbons (Fsp3) is 0.250. The minimum Gasteiger partial charge on any atom is -0.385 e. The highest BCUT2D eigenvalue weighted by Gasteiger charge is 2.23. The number of fused-ring (bicyclic) bond motifs is 1. The van der Waals surface area contributed by atoms with Gasteiger partial charge in [-0.15, -0.1) is 0 Å². The Morgan fingerprint density at radius 3 is 2.20 bits per heavy atom. The van der Waals surface area contributed by atoms with E-state index in [0.717, 1.165) is 11.1 Å². The van der Waals surface area contributed by atoms with Gasteiger partial charge in [-0.3, -0.25) is 14.2 Å². The lowest BCUT2D eigenvalue weighted by Crippen LogP contribution is -2.35. The smallest absolute Gasteiger partial charge is 0.262 e. The Morgan fingerprint density at radius 2 is 1.57 bits per heavy atom. The van der Waals surface area contributed by atoms with E-state index < -0.39 is 5.25 Å². The quantitative estimate of drug-likeness (QED) is 0.197. The zero-order valence-corrected chi connectivity index (χ0v) is 20.7. The van der Waals surface area contributed by atoms with Gasteiger partial charge in [-0.1, -0.05) is 84.6 Å². The molecule has 1 amide bonds. The molecule has 0 aliphatic heterocycles. The van der Waals surface area contributed by atoms with E-state index in [1.165, 1.54) is 11.8 Å². The summed E-state index contributed by atoms with van der Waals surface area (Å²) in [5.74, 6) is -0.126. The Balaban J connectivity index is 1.60. The molecular weight excluding hydrogens is 458 g/mol. The maximum absolute atomic E-state index is 13.4. The predicted octanol–water partition coefficient (Wildman–Crippen LogP) is 4.82. The van der Waals surface area contributed by atoms with Gasteiger partial charge in [0.25, 0.3) is 5.56 Å². The van der Waals surface area contributed by atoms with Crippen molar-refractivity contribution >= 4 is 28.6 Å². The van der Waals surface area contributed by atoms with Crippen LogP contribution in [0, 0.1) is 0 Å². The van der Waals surface area contributed by atoms with Crippen molar-refractivity contribution < 1.29 is 9.53 Å². The van der Waals surface area contributed by atoms with Crippen LogP contribution < -0.4 is 10.9 Å². The third-order valence-electron chi connectivity index (χ3n) is 5.76. The van der Waals surface area contributed by atoms with Gasteiger partial charge in [0, 0.05) is 20.3 Å². The highest BCUT2D eigenvalue weighted by atomic mass is 32.2. The van der Waals surface area contributed by atoms with Crippen molar-refractivity contribution in [2.75, 3.05) is 13.7 Å². The number of hydrogen-bond acceptors (Lipinski definition) is 5. The second-order valence-corrected chi connectivity index (χ2v) is 9.55. The lowest BCUT2D eigenvalue weighted by molar-refractivity contribution is -0.120. The van der Waals surface area contributed by atoms with Crippen LogP contribution in [0.1, 0.15) is 30.5 Å². The highest BCUT2D eigenvalue weighted by molar-refractivity contribution is 8.00. The number of thioether (sulfide) groups is 1. The average molecular weight is 488 g/mol. The van der Waals surface area contributed by atoms with Crippen LogP contribution in [-0.2, 0) is 16.1 Å². The first-order valence-corrected chi connectivity index (χ1v) is 12.5. The molecule has 0 radical (unpaired) electrons. The number of nitrogens with zero attached hydrogens (tertiary/aromatic N) is 2. The lowest BCUT2D eigenvalue weighted by Gasteiger charge is -2.22. The Hall–Kier alpha value is -3.42. The van der Waals surface area contributed by atoms with E-state index in [1.807, 2.05) is 85.8 Å². The van der Waals surface area contributed by atoms with Crippen molar-refractivity contribution in [2.24, 2.45) is 0 Å². The predicted molar refractivity (Wildman–Crippen MR) is 141 cm³/mol. The van der Waals surface area contributed by atoms with E-state index in [9.17, 15) is 9.59 Å². The van der Waals surface area contributed by atoms with Crippen LogP contribution >= 0.6 is 11.8 Å². The van der Waals surface area contributed by atoms with Crippen LogP contribution in [-0.4, -0.2) is 34.4 Å². The molecule has 1 unspecified atom stereocenters. The zero-order valence-electron chi connectivity index (χ0n) is 19.9. The number of methoxy groups -OCH3 is 1. The van der Waals surface area contributed by atoms with Crippen LogP contribution in [0.4, 0.5) is 0 Å². The maximum atomic E-state index is 13.4. The molecule has 1 aromatic heterocycles. The van der Waals surface area contributed by atoms with Gasteiger partial charge in [0.15, 0.2) is 5.16 Å². The molecule has 1 atom stereocenters. The summed E-state index contributed by atoms with van der Waals surface area (Å²) < 4.78 is 6.83. The summed E-state index contributed by atoms with van der Waals surface area (Å²) in [6, 6.07) is 26.8. The van der Waals surface area contributed by atoms with E-state index in [0.29, 0.717) is 35.6 Å². The van der Waals surface area contributed by atoms with E-state index >= 15 is 0 Å². The molecule has 1 N–H and O–H groups in total. The van der Waals surface area contributed by atoms with Gasteiger partial charge < -0.3 is 10.1 Å². The zero-order chi connectivity index (χ0) is 24.6. The Morgan fingerprint density at radius 1 is 0.971 bits per heavy atom. The summed E-state index contributed by atoms with van der Waals surface area (Å²) in [4.78, 5) is 31.3. The minimum atomic E-state index is -0.466. The summed E-state index contributed by atoms with van der Waals surface area (Å²) in [5, 5.41) is 3.83. The van der Waals surface area contributed by atoms with E-state index in [2.05, 4.69) is 5.32 Å². The van der Waals surface area contributed by atoms with Crippen molar-refractivity contribution in [3.05, 3.63) is 106 Å². The fourth-order valence-corrected chi connectivity index (χ4v) is 4.87. The lowest BCUT2D eigenvalue weighted by atomic mass is 9.98. The molecule has 0 aliphatic rings. The van der Waals surface area contributed by atoms with Crippen LogP contribution in [0.3, 0.4) is 0 Å². The number of amides is 1. The van der Waals surface area contributed by atoms with Gasteiger partial charge in [-0.05, 0) is 36.6 Å². The third-order valence-corrected chi connectivity index (χ3v) is 6.85. The van der Waals surface area contributed by atoms with Crippen LogP contribution in [0.15, 0.2) is 94.9 Å². The van der Waals surface area contributed by atoms with Gasteiger partial charge in [-0.2, -0.15) is 0 Å². The molecule has 180 valence electrons. The number of nitrogens with one attached hydrogen (secondary N) is 1. The SMILES string of the molecule is COCCCn1c(SC(C)C(=O)NC(c2ccccc2)c2ccccc2)nc2ccccc2c1=O. The molecule has 35 heavy (non-hydrogen) atoms. The van der Waals surface area contributed by atoms with Crippen molar-refractivity contribution in [1.82, 2.24) is 14.9 Å². The van der Waals surface area contributed by atoms with E-state index in [4.69, 9.17) is 9.72 Å². The number of carbonyl (C=O) groups excluding carboxylic acids is 1. The largest absolute Gasteiger partial charge is 0.385 e. The van der Waals surface area contributed by atoms with Crippen molar-refractivity contribution in [3.8, 4) is 0 Å². The molecule has 0 bridgehead atoms. The molecule has 4 rings (SSSR count). The Bertz CT molecular complexity index is 1290. The Labute approximate surface area is 209 Å². The molecule has 3 aromatic carbocycles. The Kier molecular flexibility index (Phi) is 8.34. The van der Waals surface area contributed by atoms with Crippen LogP contribution in [0.5, 0.6) is 0 Å². The van der Waals surface area contributed by atoms with Crippen molar-refractivity contribution in [1.29, 1.82) is 0 Å². The van der Waals surface area contributed by atoms with Gasteiger partial charge in [0.05, 0.1) is 22.2 Å². The summed E-state index contributed by atoms with van der Waals surface area (Å²) in [5.41, 5.74) is 2.53. The number of aromatic nitrogens is 2. The summed E-state index contributed by atoms with van der Waals surface area (Å²) >= 11 is 1.30. The van der Waals surface area contributed by atoms with Crippen LogP contribution in [0.25, 0.3) is 10.9 Å². The topological polar surface area (TPSA) is 73.2 Å². The molecule has 6 nitrogen and oxygen atoms in total. The highest BCUT2D eigenvalue weighted by Crippen LogP contribution is 2.26. The number of hydrogen-bond donors (Lipinski definition) is 1. The first kappa shape index (κ1) is 24.7. The number of para-hydroxylation sites is 1. The molecule has 0 fully saturated rings. The number of ether oxygens (including phenoxy) is 1. The number of benzene rings is 3. The van der Waals surface area contributed by atoms with Crippen molar-refractivity contribution in [2.45, 2.75) is 36.3 Å². The standard InChI is InChI=1S/C28H29N3O3S/c1-20(26(32)30-25(21-12-5-3-6-13-21)22-14-7-4-8-15-22)35-28-29-24-17-10-9-16-23(24)27(33)31(28)18-11-19-34-2/h3-10,12-17,20,25H,11,18-19H2,1-2H3,(H,30,32). The molecule has 0 aliphatic carbocycles. The second kappa shape index (κ2) is 11.8. The summed E-state index contributed by atoms with van der Waals surface area (Å²) in [6.07, 6.45) is 0.675. The van der Waals surface area contributed by atoms with E-state index in [1.54, 1.807) is 17.7 Å². The molecule has 0 saturated heterocycles. The molecule has 7 heteroatoms. The summed E-state index contributed by atoms with van der Waals surface area (Å²) in [7, 11) is 1.64. The molecule has 1 heterocycles.